The molecule has 0 saturated carbocycles. The van der Waals surface area contributed by atoms with Crippen molar-refractivity contribution in [2.75, 3.05) is 27.8 Å². The molecule has 1 fully saturated rings. The number of thiol groups is 1. The summed E-state index contributed by atoms with van der Waals surface area (Å²) in [4.78, 5) is 14.6. The summed E-state index contributed by atoms with van der Waals surface area (Å²) in [6.45, 7) is -0.628. The number of ether oxygens (including phenoxy) is 2. The second kappa shape index (κ2) is 10.9. The van der Waals surface area contributed by atoms with E-state index < -0.39 is 59.3 Å². The van der Waals surface area contributed by atoms with Crippen LogP contribution in [0.25, 0.3) is 11.3 Å². The van der Waals surface area contributed by atoms with Gasteiger partial charge in [0.2, 0.25) is 0 Å². The lowest BCUT2D eigenvalue weighted by Gasteiger charge is -2.51. The summed E-state index contributed by atoms with van der Waals surface area (Å²) in [6.07, 6.45) is -2.67. The van der Waals surface area contributed by atoms with Gasteiger partial charge in [0.05, 0.1) is 12.8 Å². The summed E-state index contributed by atoms with van der Waals surface area (Å²) in [6, 6.07) is 6.28. The number of nitrogens with zero attached hydrogens (tertiary/aromatic N) is 4. The lowest BCUT2D eigenvalue weighted by Crippen LogP contribution is -2.68. The van der Waals surface area contributed by atoms with Gasteiger partial charge in [-0.3, -0.25) is 4.79 Å². The van der Waals surface area contributed by atoms with Gasteiger partial charge in [-0.2, -0.15) is 0 Å². The minimum absolute atomic E-state index is 0.0672. The molecule has 204 valence electrons. The third-order valence-corrected chi connectivity index (χ3v) is 7.33. The summed E-state index contributed by atoms with van der Waals surface area (Å²) >= 11 is 7.90. The van der Waals surface area contributed by atoms with Crippen LogP contribution in [-0.2, 0) is 15.0 Å². The van der Waals surface area contributed by atoms with Crippen molar-refractivity contribution < 1.29 is 37.7 Å². The highest BCUT2D eigenvalue weighted by atomic mass is 79.9. The number of carbonyl (C=O) groups excluding carboxylic acids is 1. The van der Waals surface area contributed by atoms with Gasteiger partial charge in [-0.15, -0.1) is 17.7 Å². The summed E-state index contributed by atoms with van der Waals surface area (Å²) in [5.74, 6) is -4.90. The van der Waals surface area contributed by atoms with Gasteiger partial charge in [0.1, 0.15) is 35.0 Å². The fraction of sp³-hybridized carbons (Fsp3) is 0.375. The molecule has 1 aliphatic rings. The number of aliphatic hydroxyl groups excluding tert-OH is 2. The number of methoxy groups -OCH3 is 1. The first-order valence-corrected chi connectivity index (χ1v) is 12.5. The standard InChI is InChI=1S/C24H24BrF3N4O5S/c1-31(2)22(35)13-5-4-12(25)8-14(13)24(20(34)18(10-33)37-23(38)21(24)36-3)32-9-17(29-30-32)11-6-15(26)19(28)16(27)7-11/h4-9,18,20-21,23,33-34,38H,10H2,1-3H3/t18-,20+,21+,23-,24+/m0/s1. The first-order valence-electron chi connectivity index (χ1n) is 11.2. The van der Waals surface area contributed by atoms with E-state index in [1.165, 1.54) is 22.9 Å². The average Bonchev–Trinajstić information content (AvgIpc) is 3.38. The van der Waals surface area contributed by atoms with Crippen molar-refractivity contribution in [1.29, 1.82) is 0 Å². The Kier molecular flexibility index (Phi) is 8.21. The molecule has 2 aromatic carbocycles. The van der Waals surface area contributed by atoms with Crippen LogP contribution in [0, 0.1) is 17.5 Å². The fourth-order valence-corrected chi connectivity index (χ4v) is 5.56. The van der Waals surface area contributed by atoms with Crippen molar-refractivity contribution >= 4 is 34.5 Å². The summed E-state index contributed by atoms with van der Waals surface area (Å²) in [5.41, 5.74) is -2.66. The van der Waals surface area contributed by atoms with Crippen LogP contribution in [0.4, 0.5) is 13.2 Å². The molecule has 2 N–H and O–H groups in total. The summed E-state index contributed by atoms with van der Waals surface area (Å²) in [7, 11) is 4.45. The van der Waals surface area contributed by atoms with E-state index >= 15 is 0 Å². The molecule has 1 amide bonds. The molecular weight excluding hydrogens is 593 g/mol. The lowest BCUT2D eigenvalue weighted by molar-refractivity contribution is -0.213. The zero-order chi connectivity index (χ0) is 27.9. The molecule has 0 unspecified atom stereocenters. The Morgan fingerprint density at radius 3 is 2.50 bits per heavy atom. The predicted molar refractivity (Wildman–Crippen MR) is 136 cm³/mol. The zero-order valence-electron chi connectivity index (χ0n) is 20.3. The number of hydrogen-bond acceptors (Lipinski definition) is 8. The van der Waals surface area contributed by atoms with Gasteiger partial charge in [-0.25, -0.2) is 17.9 Å². The van der Waals surface area contributed by atoms with Crippen LogP contribution >= 0.6 is 28.6 Å². The Labute approximate surface area is 229 Å². The maximum absolute atomic E-state index is 14.0. The first-order chi connectivity index (χ1) is 18.0. The molecule has 4 rings (SSSR count). The van der Waals surface area contributed by atoms with Gasteiger partial charge in [-0.1, -0.05) is 21.1 Å². The highest BCUT2D eigenvalue weighted by Crippen LogP contribution is 2.46. The van der Waals surface area contributed by atoms with E-state index in [1.54, 1.807) is 32.3 Å². The third kappa shape index (κ3) is 4.62. The molecule has 1 aromatic heterocycles. The number of hydrogen-bond donors (Lipinski definition) is 3. The van der Waals surface area contributed by atoms with Crippen molar-refractivity contribution in [3.63, 3.8) is 0 Å². The number of aromatic nitrogens is 3. The molecule has 1 saturated heterocycles. The second-order valence-electron chi connectivity index (χ2n) is 8.87. The van der Waals surface area contributed by atoms with Crippen LogP contribution in [0.3, 0.4) is 0 Å². The molecule has 5 atom stereocenters. The SMILES string of the molecule is CO[C@@H]1[C@H](S)O[C@@H](CO)[C@@H](O)[C@@]1(c1cc(Br)ccc1C(=O)N(C)C)n1cc(-c2cc(F)c(F)c(F)c2)nn1. The molecule has 2 heterocycles. The number of rotatable bonds is 6. The van der Waals surface area contributed by atoms with Crippen LogP contribution in [0.5, 0.6) is 0 Å². The predicted octanol–water partition coefficient (Wildman–Crippen LogP) is 2.59. The van der Waals surface area contributed by atoms with Crippen LogP contribution in [0.1, 0.15) is 15.9 Å². The highest BCUT2D eigenvalue weighted by molar-refractivity contribution is 9.10. The maximum atomic E-state index is 14.0. The Bertz CT molecular complexity index is 1340. The molecule has 0 spiro atoms. The van der Waals surface area contributed by atoms with E-state index in [0.29, 0.717) is 4.47 Å². The zero-order valence-corrected chi connectivity index (χ0v) is 22.8. The third-order valence-electron chi connectivity index (χ3n) is 6.45. The Hall–Kier alpha value is -2.49. The van der Waals surface area contributed by atoms with Crippen LogP contribution in [0.15, 0.2) is 41.0 Å². The molecule has 3 aromatic rings. The molecule has 0 radical (unpaired) electrons. The van der Waals surface area contributed by atoms with E-state index in [1.807, 2.05) is 0 Å². The van der Waals surface area contributed by atoms with Gasteiger partial charge in [0, 0.05) is 36.8 Å². The van der Waals surface area contributed by atoms with Crippen LogP contribution in [0.2, 0.25) is 0 Å². The van der Waals surface area contributed by atoms with Gasteiger partial charge >= 0.3 is 0 Å². The summed E-state index contributed by atoms with van der Waals surface area (Å²) < 4.78 is 54.7. The number of aliphatic hydroxyl groups is 2. The van der Waals surface area contributed by atoms with Crippen molar-refractivity contribution in [2.24, 2.45) is 0 Å². The van der Waals surface area contributed by atoms with E-state index in [0.717, 1.165) is 12.1 Å². The number of amides is 1. The molecule has 1 aliphatic heterocycles. The van der Waals surface area contributed by atoms with Gasteiger partial charge < -0.3 is 24.6 Å². The van der Waals surface area contributed by atoms with Crippen molar-refractivity contribution in [2.45, 2.75) is 29.3 Å². The molecule has 38 heavy (non-hydrogen) atoms. The Morgan fingerprint density at radius 1 is 1.26 bits per heavy atom. The molecule has 0 aliphatic carbocycles. The molecule has 0 bridgehead atoms. The Balaban J connectivity index is 2.06. The van der Waals surface area contributed by atoms with Crippen LogP contribution in [-0.4, -0.2) is 87.6 Å². The first kappa shape index (κ1) is 28.5. The Morgan fingerprint density at radius 2 is 1.92 bits per heavy atom. The molecule has 14 heteroatoms. The van der Waals surface area contributed by atoms with E-state index in [-0.39, 0.29) is 22.4 Å². The van der Waals surface area contributed by atoms with Crippen molar-refractivity contribution in [3.05, 3.63) is 69.6 Å². The number of carbonyl (C=O) groups is 1. The average molecular weight is 617 g/mol. The van der Waals surface area contributed by atoms with E-state index in [9.17, 15) is 28.2 Å². The number of benzene rings is 2. The van der Waals surface area contributed by atoms with E-state index in [4.69, 9.17) is 9.47 Å². The highest BCUT2D eigenvalue weighted by Gasteiger charge is 2.60. The smallest absolute Gasteiger partial charge is 0.253 e. The largest absolute Gasteiger partial charge is 0.394 e. The van der Waals surface area contributed by atoms with E-state index in [2.05, 4.69) is 38.9 Å². The van der Waals surface area contributed by atoms with Crippen molar-refractivity contribution in [3.8, 4) is 11.3 Å². The maximum Gasteiger partial charge on any atom is 0.253 e. The lowest BCUT2D eigenvalue weighted by atomic mass is 9.73. The quantitative estimate of drug-likeness (QED) is 0.288. The number of halogens is 4. The van der Waals surface area contributed by atoms with Gasteiger partial charge in [-0.05, 0) is 35.9 Å². The molecule has 9 nitrogen and oxygen atoms in total. The van der Waals surface area contributed by atoms with Crippen molar-refractivity contribution in [1.82, 2.24) is 19.9 Å². The minimum Gasteiger partial charge on any atom is -0.394 e. The normalized spacial score (nSPS) is 25.4. The topological polar surface area (TPSA) is 110 Å². The molecular formula is C24H24BrF3N4O5S. The summed E-state index contributed by atoms with van der Waals surface area (Å²) in [5, 5.41) is 30.0. The minimum atomic E-state index is -1.81. The van der Waals surface area contributed by atoms with Gasteiger partial charge in [0.15, 0.2) is 17.5 Å². The van der Waals surface area contributed by atoms with Crippen LogP contribution < -0.4 is 0 Å². The monoisotopic (exact) mass is 616 g/mol. The van der Waals surface area contributed by atoms with Gasteiger partial charge in [0.25, 0.3) is 5.91 Å². The fourth-order valence-electron chi connectivity index (χ4n) is 4.69. The second-order valence-corrected chi connectivity index (χ2v) is 10.3.